The molecule has 0 radical (unpaired) electrons. The molecule has 3 nitrogen and oxygen atoms in total. The Hall–Kier alpha value is -0.610. The predicted molar refractivity (Wildman–Crippen MR) is 88.6 cm³/mol. The second-order valence-electron chi connectivity index (χ2n) is 6.86. The Balaban J connectivity index is 1.99. The van der Waals surface area contributed by atoms with Gasteiger partial charge in [0, 0.05) is 30.1 Å². The monoisotopic (exact) mass is 295 g/mol. The van der Waals surface area contributed by atoms with Crippen molar-refractivity contribution in [3.05, 3.63) is 11.1 Å². The van der Waals surface area contributed by atoms with E-state index in [4.69, 9.17) is 4.98 Å². The van der Waals surface area contributed by atoms with Gasteiger partial charge in [0.15, 0.2) is 5.13 Å². The van der Waals surface area contributed by atoms with Gasteiger partial charge in [0.1, 0.15) is 0 Å². The fourth-order valence-electron chi connectivity index (χ4n) is 2.75. The van der Waals surface area contributed by atoms with Crippen LogP contribution in [0.1, 0.15) is 65.5 Å². The Bertz CT molecular complexity index is 406. The summed E-state index contributed by atoms with van der Waals surface area (Å²) >= 11 is 1.81. The number of rotatable bonds is 5. The van der Waals surface area contributed by atoms with Crippen LogP contribution < -0.4 is 10.2 Å². The summed E-state index contributed by atoms with van der Waals surface area (Å²) in [5, 5.41) is 6.96. The highest BCUT2D eigenvalue weighted by Crippen LogP contribution is 2.29. The van der Waals surface area contributed by atoms with Crippen molar-refractivity contribution < 1.29 is 0 Å². The van der Waals surface area contributed by atoms with Crippen LogP contribution in [0.25, 0.3) is 0 Å². The van der Waals surface area contributed by atoms with Gasteiger partial charge in [-0.05, 0) is 46.5 Å². The topological polar surface area (TPSA) is 28.2 Å². The average Bonchev–Trinajstić information content (AvgIpc) is 2.85. The van der Waals surface area contributed by atoms with Crippen LogP contribution in [-0.4, -0.2) is 23.1 Å². The third kappa shape index (κ3) is 4.45. The lowest BCUT2D eigenvalue weighted by Gasteiger charge is -2.35. The van der Waals surface area contributed by atoms with Crippen molar-refractivity contribution in [2.75, 3.05) is 11.4 Å². The van der Waals surface area contributed by atoms with Crippen LogP contribution >= 0.6 is 11.3 Å². The second kappa shape index (κ2) is 6.90. The molecule has 0 saturated carbocycles. The summed E-state index contributed by atoms with van der Waals surface area (Å²) in [6.07, 6.45) is 6.60. The Morgan fingerprint density at radius 2 is 2.20 bits per heavy atom. The average molecular weight is 295 g/mol. The fourth-order valence-corrected chi connectivity index (χ4v) is 3.67. The number of aromatic nitrogens is 1. The number of piperidine rings is 1. The zero-order valence-electron chi connectivity index (χ0n) is 13.4. The van der Waals surface area contributed by atoms with Crippen molar-refractivity contribution in [2.24, 2.45) is 0 Å². The number of hydrogen-bond acceptors (Lipinski definition) is 4. The minimum atomic E-state index is 0.152. The Labute approximate surface area is 127 Å². The van der Waals surface area contributed by atoms with Gasteiger partial charge in [0.25, 0.3) is 0 Å². The molecule has 4 heteroatoms. The van der Waals surface area contributed by atoms with E-state index in [-0.39, 0.29) is 5.54 Å². The van der Waals surface area contributed by atoms with E-state index in [1.54, 1.807) is 0 Å². The van der Waals surface area contributed by atoms with Gasteiger partial charge >= 0.3 is 0 Å². The number of nitrogens with one attached hydrogen (secondary N) is 1. The molecule has 20 heavy (non-hydrogen) atoms. The van der Waals surface area contributed by atoms with Crippen LogP contribution in [0.5, 0.6) is 0 Å². The Morgan fingerprint density at radius 3 is 2.90 bits per heavy atom. The molecule has 1 saturated heterocycles. The van der Waals surface area contributed by atoms with E-state index in [2.05, 4.69) is 43.3 Å². The molecule has 0 amide bonds. The summed E-state index contributed by atoms with van der Waals surface area (Å²) < 4.78 is 0. The van der Waals surface area contributed by atoms with E-state index in [1.807, 2.05) is 11.3 Å². The van der Waals surface area contributed by atoms with Crippen molar-refractivity contribution in [3.63, 3.8) is 0 Å². The molecule has 2 heterocycles. The second-order valence-corrected chi connectivity index (χ2v) is 7.69. The van der Waals surface area contributed by atoms with Crippen molar-refractivity contribution in [1.29, 1.82) is 0 Å². The van der Waals surface area contributed by atoms with Crippen LogP contribution in [0.4, 0.5) is 5.13 Å². The predicted octanol–water partition coefficient (Wildman–Crippen LogP) is 4.19. The van der Waals surface area contributed by atoms with Crippen molar-refractivity contribution >= 4 is 16.5 Å². The van der Waals surface area contributed by atoms with Crippen LogP contribution in [-0.2, 0) is 6.54 Å². The van der Waals surface area contributed by atoms with Gasteiger partial charge in [-0.25, -0.2) is 4.98 Å². The first-order valence-corrected chi connectivity index (χ1v) is 8.83. The van der Waals surface area contributed by atoms with E-state index in [0.29, 0.717) is 6.04 Å². The summed E-state index contributed by atoms with van der Waals surface area (Å²) in [5.41, 5.74) is 1.33. The minimum Gasteiger partial charge on any atom is -0.345 e. The summed E-state index contributed by atoms with van der Waals surface area (Å²) in [6.45, 7) is 10.9. The molecule has 1 aliphatic rings. The molecule has 1 N–H and O–H groups in total. The third-order valence-electron chi connectivity index (χ3n) is 3.83. The molecule has 0 aromatic carbocycles. The molecular formula is C16H29N3S. The van der Waals surface area contributed by atoms with E-state index in [1.165, 1.54) is 49.5 Å². The van der Waals surface area contributed by atoms with Crippen LogP contribution in [0.3, 0.4) is 0 Å². The Morgan fingerprint density at radius 1 is 1.40 bits per heavy atom. The van der Waals surface area contributed by atoms with Gasteiger partial charge in [0.05, 0.1) is 5.69 Å². The van der Waals surface area contributed by atoms with Gasteiger partial charge < -0.3 is 10.2 Å². The third-order valence-corrected chi connectivity index (χ3v) is 4.76. The van der Waals surface area contributed by atoms with Crippen LogP contribution in [0, 0.1) is 0 Å². The van der Waals surface area contributed by atoms with Gasteiger partial charge in [0.2, 0.25) is 0 Å². The normalized spacial score (nSPS) is 20.4. The fraction of sp³-hybridized carbons (Fsp3) is 0.812. The van der Waals surface area contributed by atoms with Gasteiger partial charge in [-0.15, -0.1) is 11.3 Å². The molecular weight excluding hydrogens is 266 g/mol. The maximum absolute atomic E-state index is 4.85. The highest BCUT2D eigenvalue weighted by Gasteiger charge is 2.24. The smallest absolute Gasteiger partial charge is 0.185 e. The molecule has 1 aromatic rings. The summed E-state index contributed by atoms with van der Waals surface area (Å²) in [7, 11) is 0. The SMILES string of the molecule is CCCC1CCCCN1c1nc(CNC(C)(C)C)cs1. The number of anilines is 1. The Kier molecular flexibility index (Phi) is 5.44. The molecule has 0 spiro atoms. The van der Waals surface area contributed by atoms with E-state index >= 15 is 0 Å². The molecule has 0 bridgehead atoms. The first kappa shape index (κ1) is 15.8. The zero-order valence-corrected chi connectivity index (χ0v) is 14.2. The summed E-state index contributed by atoms with van der Waals surface area (Å²) in [5.74, 6) is 0. The molecule has 1 atom stereocenters. The summed E-state index contributed by atoms with van der Waals surface area (Å²) in [6, 6.07) is 0.711. The van der Waals surface area contributed by atoms with Crippen molar-refractivity contribution in [3.8, 4) is 0 Å². The molecule has 114 valence electrons. The molecule has 1 aliphatic heterocycles. The molecule has 1 aromatic heterocycles. The quantitative estimate of drug-likeness (QED) is 0.883. The number of thiazole rings is 1. The molecule has 2 rings (SSSR count). The molecule has 1 fully saturated rings. The van der Waals surface area contributed by atoms with E-state index < -0.39 is 0 Å². The van der Waals surface area contributed by atoms with Crippen LogP contribution in [0.15, 0.2) is 5.38 Å². The van der Waals surface area contributed by atoms with Crippen LogP contribution in [0.2, 0.25) is 0 Å². The maximum atomic E-state index is 4.85. The highest BCUT2D eigenvalue weighted by atomic mass is 32.1. The van der Waals surface area contributed by atoms with Crippen molar-refractivity contribution in [1.82, 2.24) is 10.3 Å². The molecule has 1 unspecified atom stereocenters. The highest BCUT2D eigenvalue weighted by molar-refractivity contribution is 7.13. The van der Waals surface area contributed by atoms with Gasteiger partial charge in [-0.2, -0.15) is 0 Å². The number of nitrogens with zero attached hydrogens (tertiary/aromatic N) is 2. The first-order chi connectivity index (χ1) is 9.49. The summed E-state index contributed by atoms with van der Waals surface area (Å²) in [4.78, 5) is 7.41. The minimum absolute atomic E-state index is 0.152. The lowest BCUT2D eigenvalue weighted by atomic mass is 9.99. The lowest BCUT2D eigenvalue weighted by molar-refractivity contribution is 0.420. The largest absolute Gasteiger partial charge is 0.345 e. The standard InChI is InChI=1S/C16H29N3S/c1-5-8-14-9-6-7-10-19(14)15-18-13(12-20-15)11-17-16(2,3)4/h12,14,17H,5-11H2,1-4H3. The first-order valence-electron chi connectivity index (χ1n) is 7.95. The van der Waals surface area contributed by atoms with Crippen molar-refractivity contribution in [2.45, 2.75) is 77.9 Å². The van der Waals surface area contributed by atoms with E-state index in [0.717, 1.165) is 6.54 Å². The van der Waals surface area contributed by atoms with E-state index in [9.17, 15) is 0 Å². The van der Waals surface area contributed by atoms with Gasteiger partial charge in [-0.3, -0.25) is 0 Å². The lowest BCUT2D eigenvalue weighted by Crippen LogP contribution is -2.39. The van der Waals surface area contributed by atoms with Gasteiger partial charge in [-0.1, -0.05) is 13.3 Å². The maximum Gasteiger partial charge on any atom is 0.185 e. The zero-order chi connectivity index (χ0) is 14.6. The number of hydrogen-bond donors (Lipinski definition) is 1. The molecule has 0 aliphatic carbocycles.